The molecule has 2 heterocycles. The van der Waals surface area contributed by atoms with Crippen molar-refractivity contribution in [3.8, 4) is 0 Å². The minimum absolute atomic E-state index is 0. The monoisotopic (exact) mass is 213 g/mol. The number of hydrogen-bond acceptors (Lipinski definition) is 3. The van der Waals surface area contributed by atoms with Crippen LogP contribution in [0.5, 0.6) is 0 Å². The maximum absolute atomic E-state index is 5.65. The summed E-state index contributed by atoms with van der Waals surface area (Å²) < 4.78 is 7.09. The van der Waals surface area contributed by atoms with Gasteiger partial charge in [0, 0.05) is 0 Å². The molecule has 2 rings (SSSR count). The fourth-order valence-corrected chi connectivity index (χ4v) is 1.19. The predicted molar refractivity (Wildman–Crippen MR) is 56.4 cm³/mol. The molecule has 4 nitrogen and oxygen atoms in total. The molecule has 0 aliphatic carbocycles. The van der Waals surface area contributed by atoms with E-state index in [0.29, 0.717) is 12.4 Å². The van der Waals surface area contributed by atoms with E-state index >= 15 is 0 Å². The third kappa shape index (κ3) is 2.09. The number of anilines is 1. The zero-order chi connectivity index (χ0) is 9.26. The number of furan rings is 1. The molecule has 0 saturated heterocycles. The Balaban J connectivity index is 0.000000980. The lowest BCUT2D eigenvalue weighted by Gasteiger charge is -1.99. The SMILES string of the molecule is Cc1ccc(Cn2nccc2N)o1.Cl. The van der Waals surface area contributed by atoms with Crippen LogP contribution in [0.15, 0.2) is 28.8 Å². The molecular weight excluding hydrogens is 202 g/mol. The first-order valence-electron chi connectivity index (χ1n) is 4.08. The van der Waals surface area contributed by atoms with Gasteiger partial charge in [-0.1, -0.05) is 0 Å². The summed E-state index contributed by atoms with van der Waals surface area (Å²) in [7, 11) is 0. The van der Waals surface area contributed by atoms with Crippen molar-refractivity contribution in [1.82, 2.24) is 9.78 Å². The molecular formula is C9H12ClN3O. The van der Waals surface area contributed by atoms with Crippen LogP contribution >= 0.6 is 12.4 Å². The van der Waals surface area contributed by atoms with Crippen molar-refractivity contribution in [3.05, 3.63) is 35.9 Å². The second-order valence-electron chi connectivity index (χ2n) is 2.93. The predicted octanol–water partition coefficient (Wildman–Crippen LogP) is 1.84. The number of aryl methyl sites for hydroxylation is 1. The third-order valence-corrected chi connectivity index (χ3v) is 1.85. The summed E-state index contributed by atoms with van der Waals surface area (Å²) in [5, 5.41) is 4.05. The average molecular weight is 214 g/mol. The number of nitrogens with two attached hydrogens (primary N) is 1. The molecule has 2 N–H and O–H groups in total. The van der Waals surface area contributed by atoms with Gasteiger partial charge in [-0.05, 0) is 25.1 Å². The second-order valence-corrected chi connectivity index (χ2v) is 2.93. The fourth-order valence-electron chi connectivity index (χ4n) is 1.19. The van der Waals surface area contributed by atoms with Crippen LogP contribution in [-0.4, -0.2) is 9.78 Å². The highest BCUT2D eigenvalue weighted by atomic mass is 35.5. The van der Waals surface area contributed by atoms with Crippen molar-refractivity contribution in [3.63, 3.8) is 0 Å². The van der Waals surface area contributed by atoms with E-state index in [0.717, 1.165) is 11.5 Å². The van der Waals surface area contributed by atoms with Gasteiger partial charge >= 0.3 is 0 Å². The molecule has 2 aromatic rings. The minimum Gasteiger partial charge on any atom is -0.464 e. The summed E-state index contributed by atoms with van der Waals surface area (Å²) in [6, 6.07) is 5.61. The Bertz CT molecular complexity index is 408. The Kier molecular flexibility index (Phi) is 3.19. The van der Waals surface area contributed by atoms with Crippen molar-refractivity contribution in [2.24, 2.45) is 0 Å². The van der Waals surface area contributed by atoms with E-state index < -0.39 is 0 Å². The van der Waals surface area contributed by atoms with Crippen LogP contribution < -0.4 is 5.73 Å². The van der Waals surface area contributed by atoms with E-state index in [1.807, 2.05) is 19.1 Å². The first-order chi connectivity index (χ1) is 6.25. The lowest BCUT2D eigenvalue weighted by Crippen LogP contribution is -2.04. The van der Waals surface area contributed by atoms with Crippen LogP contribution in [0.4, 0.5) is 5.82 Å². The highest BCUT2D eigenvalue weighted by molar-refractivity contribution is 5.85. The summed E-state index contributed by atoms with van der Waals surface area (Å²) in [4.78, 5) is 0. The summed E-state index contributed by atoms with van der Waals surface area (Å²) >= 11 is 0. The topological polar surface area (TPSA) is 57.0 Å². The standard InChI is InChI=1S/C9H11N3O.ClH/c1-7-2-3-8(13-7)6-12-9(10)4-5-11-12;/h2-5H,6,10H2,1H3;1H. The van der Waals surface area contributed by atoms with E-state index in [2.05, 4.69) is 5.10 Å². The lowest BCUT2D eigenvalue weighted by atomic mass is 10.4. The summed E-state index contributed by atoms with van der Waals surface area (Å²) in [5.74, 6) is 2.42. The first kappa shape index (κ1) is 10.7. The molecule has 0 amide bonds. The van der Waals surface area contributed by atoms with Crippen molar-refractivity contribution in [2.45, 2.75) is 13.5 Å². The highest BCUT2D eigenvalue weighted by Crippen LogP contribution is 2.09. The zero-order valence-corrected chi connectivity index (χ0v) is 8.62. The Morgan fingerprint density at radius 2 is 2.21 bits per heavy atom. The number of halogens is 1. The van der Waals surface area contributed by atoms with Gasteiger partial charge in [-0.15, -0.1) is 12.4 Å². The fraction of sp³-hybridized carbons (Fsp3) is 0.222. The molecule has 76 valence electrons. The molecule has 14 heavy (non-hydrogen) atoms. The van der Waals surface area contributed by atoms with Crippen LogP contribution in [0, 0.1) is 6.92 Å². The molecule has 0 aliphatic rings. The molecule has 0 bridgehead atoms. The molecule has 2 aromatic heterocycles. The molecule has 0 unspecified atom stereocenters. The minimum atomic E-state index is 0. The maximum Gasteiger partial charge on any atom is 0.125 e. The molecule has 0 aliphatic heterocycles. The van der Waals surface area contributed by atoms with Crippen molar-refractivity contribution >= 4 is 18.2 Å². The molecule has 0 radical (unpaired) electrons. The van der Waals surface area contributed by atoms with Crippen LogP contribution in [0.2, 0.25) is 0 Å². The third-order valence-electron chi connectivity index (χ3n) is 1.85. The Labute approximate surface area is 88.1 Å². The van der Waals surface area contributed by atoms with Gasteiger partial charge in [0.05, 0.1) is 6.20 Å². The number of nitrogen functional groups attached to an aromatic ring is 1. The van der Waals surface area contributed by atoms with E-state index in [1.54, 1.807) is 16.9 Å². The largest absolute Gasteiger partial charge is 0.464 e. The Hall–Kier alpha value is -1.42. The van der Waals surface area contributed by atoms with E-state index in [-0.39, 0.29) is 12.4 Å². The van der Waals surface area contributed by atoms with Gasteiger partial charge in [-0.25, -0.2) is 4.68 Å². The first-order valence-corrected chi connectivity index (χ1v) is 4.08. The molecule has 5 heteroatoms. The van der Waals surface area contributed by atoms with Crippen molar-refractivity contribution in [2.75, 3.05) is 5.73 Å². The van der Waals surface area contributed by atoms with Crippen molar-refractivity contribution < 1.29 is 4.42 Å². The smallest absolute Gasteiger partial charge is 0.125 e. The highest BCUT2D eigenvalue weighted by Gasteiger charge is 2.02. The van der Waals surface area contributed by atoms with Gasteiger partial charge in [-0.3, -0.25) is 0 Å². The average Bonchev–Trinajstić information content (AvgIpc) is 2.64. The molecule has 0 aromatic carbocycles. The van der Waals surface area contributed by atoms with E-state index in [4.69, 9.17) is 10.2 Å². The molecule has 0 fully saturated rings. The quantitative estimate of drug-likeness (QED) is 0.828. The molecule has 0 saturated carbocycles. The van der Waals surface area contributed by atoms with Crippen LogP contribution in [0.25, 0.3) is 0 Å². The Morgan fingerprint density at radius 1 is 1.43 bits per heavy atom. The lowest BCUT2D eigenvalue weighted by molar-refractivity contribution is 0.461. The summed E-state index contributed by atoms with van der Waals surface area (Å²) in [6.07, 6.45) is 1.67. The van der Waals surface area contributed by atoms with Crippen molar-refractivity contribution in [1.29, 1.82) is 0 Å². The van der Waals surface area contributed by atoms with Gasteiger partial charge in [0.2, 0.25) is 0 Å². The van der Waals surface area contributed by atoms with E-state index in [9.17, 15) is 0 Å². The van der Waals surface area contributed by atoms with Gasteiger partial charge < -0.3 is 10.2 Å². The number of rotatable bonds is 2. The summed E-state index contributed by atoms with van der Waals surface area (Å²) in [5.41, 5.74) is 5.65. The van der Waals surface area contributed by atoms with Gasteiger partial charge in [0.15, 0.2) is 0 Å². The maximum atomic E-state index is 5.65. The summed E-state index contributed by atoms with van der Waals surface area (Å²) in [6.45, 7) is 2.50. The van der Waals surface area contributed by atoms with Crippen LogP contribution in [-0.2, 0) is 6.54 Å². The number of nitrogens with zero attached hydrogens (tertiary/aromatic N) is 2. The number of hydrogen-bond donors (Lipinski definition) is 1. The van der Waals surface area contributed by atoms with Crippen LogP contribution in [0.3, 0.4) is 0 Å². The van der Waals surface area contributed by atoms with Gasteiger partial charge in [-0.2, -0.15) is 5.10 Å². The molecule has 0 spiro atoms. The van der Waals surface area contributed by atoms with Gasteiger partial charge in [0.25, 0.3) is 0 Å². The molecule has 0 atom stereocenters. The van der Waals surface area contributed by atoms with Crippen LogP contribution in [0.1, 0.15) is 11.5 Å². The zero-order valence-electron chi connectivity index (χ0n) is 7.80. The Morgan fingerprint density at radius 3 is 2.71 bits per heavy atom. The second kappa shape index (κ2) is 4.19. The van der Waals surface area contributed by atoms with E-state index in [1.165, 1.54) is 0 Å². The normalized spacial score (nSPS) is 9.79. The van der Waals surface area contributed by atoms with Gasteiger partial charge in [0.1, 0.15) is 23.9 Å². The number of aromatic nitrogens is 2.